The van der Waals surface area contributed by atoms with E-state index in [1.54, 1.807) is 0 Å². The van der Waals surface area contributed by atoms with Crippen molar-refractivity contribution in [2.24, 2.45) is 0 Å². The van der Waals surface area contributed by atoms with Gasteiger partial charge in [-0.2, -0.15) is 0 Å². The van der Waals surface area contributed by atoms with Gasteiger partial charge in [0.05, 0.1) is 70.0 Å². The number of aromatic carboxylic acids is 8. The second kappa shape index (κ2) is 34.6. The summed E-state index contributed by atoms with van der Waals surface area (Å²) in [6, 6.07) is 8.61. The van der Waals surface area contributed by atoms with Crippen molar-refractivity contribution in [1.29, 1.82) is 0 Å². The second-order valence-electron chi connectivity index (χ2n) is 13.3. The minimum Gasteiger partial charge on any atom is -0.545 e. The van der Waals surface area contributed by atoms with E-state index < -0.39 is 161 Å². The summed E-state index contributed by atoms with van der Waals surface area (Å²) in [5, 5.41) is 102. The molecule has 0 heterocycles. The third-order valence-corrected chi connectivity index (χ3v) is 8.79. The van der Waals surface area contributed by atoms with Crippen LogP contribution in [0.2, 0.25) is 0 Å². The number of anilines is 4. The molecule has 5 aromatic rings. The standard InChI is InChI=1S/C42H26N4O20.8Na/c47-31(43-23-5-15(35(51)52)1-16(6-23)36(53)54)27-13-29(33(49)45-25-9-19(39(59)60)3-20(10-25)40(61)62)30(34(50)46-26-11-21(41(63)64)4-22(12-26)42(65)66)14-28(27)32(48)44-24-7-17(37(55)56)2-18(8-24)38(57)58;;;;;;;;/h1-14H,(H,43,47)(H,44,48)(H,45,49)(H,46,50)(H,51,52)(H,53,54)(H,55,56)(H,57,58)(H,59,60)(H,61,62)(H,63,64)(H,65,66);;;;;;;;/q;8*+1/p-8. The van der Waals surface area contributed by atoms with Crippen molar-refractivity contribution in [2.45, 2.75) is 0 Å². The van der Waals surface area contributed by atoms with Gasteiger partial charge in [-0.05, 0) is 129 Å². The fraction of sp³-hybridized carbons (Fsp3) is 0. The van der Waals surface area contributed by atoms with E-state index in [4.69, 9.17) is 0 Å². The maximum absolute atomic E-state index is 14.1. The molecule has 0 aromatic heterocycles. The summed E-state index contributed by atoms with van der Waals surface area (Å²) >= 11 is 0. The number of benzene rings is 5. The van der Waals surface area contributed by atoms with E-state index in [-0.39, 0.29) is 236 Å². The van der Waals surface area contributed by atoms with Gasteiger partial charge in [-0.25, -0.2) is 0 Å². The molecule has 5 rings (SSSR count). The molecule has 0 aliphatic rings. The Hall–Kier alpha value is -2.26. The fourth-order valence-electron chi connectivity index (χ4n) is 5.89. The number of rotatable bonds is 16. The number of nitrogens with one attached hydrogen (secondary N) is 4. The Morgan fingerprint density at radius 2 is 0.338 bits per heavy atom. The predicted octanol–water partition coefficient (Wildman–Crippen LogP) is -30.4. The fourth-order valence-corrected chi connectivity index (χ4v) is 5.89. The van der Waals surface area contributed by atoms with Gasteiger partial charge in [-0.15, -0.1) is 0 Å². The van der Waals surface area contributed by atoms with E-state index in [1.165, 1.54) is 0 Å². The van der Waals surface area contributed by atoms with Crippen molar-refractivity contribution < 1.29 is 335 Å². The molecule has 0 aliphatic carbocycles. The van der Waals surface area contributed by atoms with Crippen molar-refractivity contribution in [3.63, 3.8) is 0 Å². The molecule has 0 aliphatic heterocycles. The molecule has 334 valence electrons. The summed E-state index contributed by atoms with van der Waals surface area (Å²) in [6.45, 7) is 0. The van der Waals surface area contributed by atoms with Crippen LogP contribution in [0.25, 0.3) is 0 Å². The van der Waals surface area contributed by atoms with E-state index >= 15 is 0 Å². The minimum atomic E-state index is -1.96. The van der Waals surface area contributed by atoms with Gasteiger partial charge in [0, 0.05) is 22.7 Å². The summed E-state index contributed by atoms with van der Waals surface area (Å²) in [6.07, 6.45) is 0. The number of hydrogen-bond acceptors (Lipinski definition) is 20. The van der Waals surface area contributed by atoms with Gasteiger partial charge in [0.1, 0.15) is 0 Å². The number of carbonyl (C=O) groups is 12. The predicted molar refractivity (Wildman–Crippen MR) is 199 cm³/mol. The molecule has 0 atom stereocenters. The molecule has 0 spiro atoms. The molecule has 74 heavy (non-hydrogen) atoms. The van der Waals surface area contributed by atoms with Crippen LogP contribution >= 0.6 is 0 Å². The van der Waals surface area contributed by atoms with Gasteiger partial charge in [-0.1, -0.05) is 0 Å². The molecule has 24 nitrogen and oxygen atoms in total. The van der Waals surface area contributed by atoms with Crippen LogP contribution in [0.1, 0.15) is 124 Å². The molecule has 32 heteroatoms. The number of carboxylic acids is 8. The normalized spacial score (nSPS) is 9.30. The van der Waals surface area contributed by atoms with Crippen molar-refractivity contribution in [2.75, 3.05) is 21.3 Å². The van der Waals surface area contributed by atoms with E-state index in [9.17, 15) is 98.4 Å². The summed E-state index contributed by atoms with van der Waals surface area (Å²) < 4.78 is 0. The Balaban J connectivity index is -0.00000306. The number of amides is 4. The van der Waals surface area contributed by atoms with Gasteiger partial charge in [0.25, 0.3) is 23.6 Å². The van der Waals surface area contributed by atoms with Crippen LogP contribution in [0.15, 0.2) is 84.9 Å². The molecular formula is C42H18N4Na8O20. The van der Waals surface area contributed by atoms with Gasteiger partial charge >= 0.3 is 236 Å². The SMILES string of the molecule is O=C([O-])c1cc(NC(=O)c2cc(C(=O)Nc3cc(C(=O)[O-])cc(C(=O)[O-])c3)c(C(=O)Nc3cc(C(=O)[O-])cc(C(=O)[O-])c3)cc2C(=O)Nc2cc(C(=O)[O-])cc(C(=O)[O-])c2)cc(C(=O)[O-])c1.[Na+].[Na+].[Na+].[Na+].[Na+].[Na+].[Na+].[Na+]. The monoisotopic (exact) mass is 1080 g/mol. The third kappa shape index (κ3) is 20.8. The van der Waals surface area contributed by atoms with Crippen molar-refractivity contribution in [3.8, 4) is 0 Å². The van der Waals surface area contributed by atoms with Gasteiger partial charge in [-0.3, -0.25) is 19.2 Å². The molecule has 4 amide bonds. The van der Waals surface area contributed by atoms with Crippen molar-refractivity contribution in [3.05, 3.63) is 152 Å². The molecule has 4 N–H and O–H groups in total. The van der Waals surface area contributed by atoms with Gasteiger partial charge < -0.3 is 100 Å². The van der Waals surface area contributed by atoms with E-state index in [0.717, 1.165) is 0 Å². The molecule has 0 fully saturated rings. The van der Waals surface area contributed by atoms with Gasteiger partial charge in [0.15, 0.2) is 0 Å². The van der Waals surface area contributed by atoms with Crippen molar-refractivity contribution >= 4 is 94.1 Å². The first-order valence-corrected chi connectivity index (χ1v) is 17.7. The number of carboxylic acid groups (broad SMARTS) is 8. The largest absolute Gasteiger partial charge is 1.00 e. The Morgan fingerprint density at radius 3 is 0.446 bits per heavy atom. The molecule has 0 unspecified atom stereocenters. The van der Waals surface area contributed by atoms with Crippen LogP contribution in [0.5, 0.6) is 0 Å². The number of hydrogen-bond donors (Lipinski definition) is 4. The van der Waals surface area contributed by atoms with Crippen LogP contribution < -0.4 is 299 Å². The van der Waals surface area contributed by atoms with E-state index in [1.807, 2.05) is 0 Å². The Labute approximate surface area is 592 Å². The zero-order valence-electron chi connectivity index (χ0n) is 40.2. The third-order valence-electron chi connectivity index (χ3n) is 8.79. The smallest absolute Gasteiger partial charge is 0.545 e. The Morgan fingerprint density at radius 1 is 0.216 bits per heavy atom. The second-order valence-corrected chi connectivity index (χ2v) is 13.3. The van der Waals surface area contributed by atoms with Gasteiger partial charge in [0.2, 0.25) is 0 Å². The molecular weight excluding hydrogens is 1060 g/mol. The average Bonchev–Trinajstić information content (AvgIpc) is 3.25. The maximum atomic E-state index is 14.1. The Kier molecular flexibility index (Phi) is 36.6. The van der Waals surface area contributed by atoms with Crippen LogP contribution in [0.3, 0.4) is 0 Å². The summed E-state index contributed by atoms with van der Waals surface area (Å²) in [4.78, 5) is 150. The van der Waals surface area contributed by atoms with Crippen LogP contribution in [-0.4, -0.2) is 71.4 Å². The molecule has 0 saturated carbocycles. The molecule has 5 aromatic carbocycles. The topological polar surface area (TPSA) is 437 Å². The molecule has 0 saturated heterocycles. The zero-order valence-corrected chi connectivity index (χ0v) is 56.2. The van der Waals surface area contributed by atoms with Crippen LogP contribution in [0.4, 0.5) is 22.7 Å². The van der Waals surface area contributed by atoms with E-state index in [0.29, 0.717) is 84.9 Å². The van der Waals surface area contributed by atoms with Crippen LogP contribution in [-0.2, 0) is 0 Å². The average molecular weight is 1080 g/mol. The molecule has 0 radical (unpaired) electrons. The summed E-state index contributed by atoms with van der Waals surface area (Å²) in [5.41, 5.74) is -13.4. The first kappa shape index (κ1) is 78.2. The quantitative estimate of drug-likeness (QED) is 0.0667. The first-order valence-electron chi connectivity index (χ1n) is 17.7. The minimum absolute atomic E-state index is 0. The van der Waals surface area contributed by atoms with E-state index in [2.05, 4.69) is 21.3 Å². The zero-order chi connectivity index (χ0) is 48.9. The maximum Gasteiger partial charge on any atom is 1.00 e. The Bertz CT molecular complexity index is 2550. The molecule has 0 bridgehead atoms. The number of carbonyl (C=O) groups excluding carboxylic acids is 12. The van der Waals surface area contributed by atoms with Crippen LogP contribution in [0, 0.1) is 0 Å². The summed E-state index contributed by atoms with van der Waals surface area (Å²) in [5.74, 6) is -21.8. The first-order chi connectivity index (χ1) is 30.9. The van der Waals surface area contributed by atoms with Crippen molar-refractivity contribution in [1.82, 2.24) is 0 Å². The summed E-state index contributed by atoms with van der Waals surface area (Å²) in [7, 11) is 0.